The number of nitrogens with one attached hydrogen (secondary N) is 1. The maximum atomic E-state index is 4.42. The molecule has 0 fully saturated rings. The van der Waals surface area contributed by atoms with E-state index in [9.17, 15) is 0 Å². The van der Waals surface area contributed by atoms with Crippen LogP contribution < -0.4 is 5.32 Å². The number of para-hydroxylation sites is 1. The lowest BCUT2D eigenvalue weighted by Crippen LogP contribution is -2.06. The third kappa shape index (κ3) is 1.87. The predicted molar refractivity (Wildman–Crippen MR) is 71.6 cm³/mol. The fourth-order valence-electron chi connectivity index (χ4n) is 2.07. The maximum Gasteiger partial charge on any atom is 0.0839 e. The second-order valence-electron chi connectivity index (χ2n) is 4.20. The Balaban J connectivity index is 2.11. The van der Waals surface area contributed by atoms with Gasteiger partial charge in [0, 0.05) is 18.1 Å². The van der Waals surface area contributed by atoms with Crippen LogP contribution in [0.3, 0.4) is 0 Å². The van der Waals surface area contributed by atoms with Gasteiger partial charge in [-0.1, -0.05) is 18.2 Å². The number of aromatic nitrogens is 3. The van der Waals surface area contributed by atoms with Gasteiger partial charge in [-0.25, -0.2) is 4.68 Å². The molecule has 0 spiro atoms. The summed E-state index contributed by atoms with van der Waals surface area (Å²) >= 11 is 0. The highest BCUT2D eigenvalue weighted by Gasteiger charge is 2.04. The summed E-state index contributed by atoms with van der Waals surface area (Å²) in [6.07, 6.45) is 5.57. The lowest BCUT2D eigenvalue weighted by atomic mass is 10.2. The zero-order chi connectivity index (χ0) is 12.4. The highest BCUT2D eigenvalue weighted by Crippen LogP contribution is 2.17. The van der Waals surface area contributed by atoms with Gasteiger partial charge in [0.2, 0.25) is 0 Å². The monoisotopic (exact) mass is 238 g/mol. The number of hydrogen-bond acceptors (Lipinski definition) is 3. The SMILES string of the molecule is CNCc1cncc(-n2ncc3ccccc32)c1. The topological polar surface area (TPSA) is 42.7 Å². The molecule has 90 valence electrons. The van der Waals surface area contributed by atoms with E-state index in [1.54, 1.807) is 0 Å². The molecule has 0 aliphatic rings. The van der Waals surface area contributed by atoms with E-state index < -0.39 is 0 Å². The predicted octanol–water partition coefficient (Wildman–Crippen LogP) is 2.14. The molecule has 0 amide bonds. The first kappa shape index (κ1) is 10.9. The van der Waals surface area contributed by atoms with Crippen LogP contribution in [0.25, 0.3) is 16.6 Å². The Bertz CT molecular complexity index is 672. The number of rotatable bonds is 3. The average molecular weight is 238 g/mol. The minimum Gasteiger partial charge on any atom is -0.316 e. The van der Waals surface area contributed by atoms with Gasteiger partial charge < -0.3 is 5.32 Å². The molecule has 0 saturated carbocycles. The normalized spacial score (nSPS) is 10.9. The zero-order valence-electron chi connectivity index (χ0n) is 10.2. The molecule has 18 heavy (non-hydrogen) atoms. The lowest BCUT2D eigenvalue weighted by molar-refractivity contribution is 0.807. The van der Waals surface area contributed by atoms with Crippen LogP contribution in [-0.2, 0) is 6.54 Å². The first-order valence-corrected chi connectivity index (χ1v) is 5.90. The summed E-state index contributed by atoms with van der Waals surface area (Å²) < 4.78 is 1.92. The van der Waals surface area contributed by atoms with Crippen LogP contribution in [-0.4, -0.2) is 21.8 Å². The van der Waals surface area contributed by atoms with E-state index in [-0.39, 0.29) is 0 Å². The average Bonchev–Trinajstić information content (AvgIpc) is 2.83. The number of benzene rings is 1. The summed E-state index contributed by atoms with van der Waals surface area (Å²) in [4.78, 5) is 4.27. The van der Waals surface area contributed by atoms with Crippen LogP contribution in [0.1, 0.15) is 5.56 Å². The van der Waals surface area contributed by atoms with Crippen LogP contribution in [0, 0.1) is 0 Å². The van der Waals surface area contributed by atoms with E-state index in [1.165, 1.54) is 0 Å². The van der Waals surface area contributed by atoms with E-state index >= 15 is 0 Å². The number of hydrogen-bond donors (Lipinski definition) is 1. The first-order valence-electron chi connectivity index (χ1n) is 5.90. The van der Waals surface area contributed by atoms with E-state index in [4.69, 9.17) is 0 Å². The van der Waals surface area contributed by atoms with Crippen molar-refractivity contribution in [2.24, 2.45) is 0 Å². The van der Waals surface area contributed by atoms with Crippen molar-refractivity contribution in [1.29, 1.82) is 0 Å². The molecule has 0 radical (unpaired) electrons. The highest BCUT2D eigenvalue weighted by atomic mass is 15.3. The van der Waals surface area contributed by atoms with Gasteiger partial charge in [0.1, 0.15) is 0 Å². The van der Waals surface area contributed by atoms with Gasteiger partial charge in [-0.2, -0.15) is 5.10 Å². The van der Waals surface area contributed by atoms with Crippen molar-refractivity contribution in [2.45, 2.75) is 6.54 Å². The number of pyridine rings is 1. The molecule has 2 aromatic heterocycles. The first-order chi connectivity index (χ1) is 8.88. The molecule has 4 nitrogen and oxygen atoms in total. The Morgan fingerprint density at radius 2 is 2.06 bits per heavy atom. The van der Waals surface area contributed by atoms with Crippen molar-refractivity contribution in [3.05, 3.63) is 54.5 Å². The minimum atomic E-state index is 0.806. The van der Waals surface area contributed by atoms with Gasteiger partial charge in [-0.15, -0.1) is 0 Å². The van der Waals surface area contributed by atoms with Gasteiger partial charge >= 0.3 is 0 Å². The summed E-state index contributed by atoms with van der Waals surface area (Å²) in [5.41, 5.74) is 3.24. The summed E-state index contributed by atoms with van der Waals surface area (Å²) in [7, 11) is 1.93. The van der Waals surface area contributed by atoms with Gasteiger partial charge in [0.25, 0.3) is 0 Å². The van der Waals surface area contributed by atoms with Crippen molar-refractivity contribution < 1.29 is 0 Å². The molecule has 1 aromatic carbocycles. The smallest absolute Gasteiger partial charge is 0.0839 e. The molecule has 3 rings (SSSR count). The van der Waals surface area contributed by atoms with Crippen molar-refractivity contribution in [3.63, 3.8) is 0 Å². The minimum absolute atomic E-state index is 0.806. The van der Waals surface area contributed by atoms with Gasteiger partial charge in [-0.3, -0.25) is 4.98 Å². The Morgan fingerprint density at radius 3 is 2.94 bits per heavy atom. The molecule has 0 aliphatic heterocycles. The van der Waals surface area contributed by atoms with Gasteiger partial charge in [0.15, 0.2) is 0 Å². The number of fused-ring (bicyclic) bond motifs is 1. The van der Waals surface area contributed by atoms with E-state index in [0.717, 1.165) is 28.7 Å². The molecule has 0 aliphatic carbocycles. The molecule has 1 N–H and O–H groups in total. The Morgan fingerprint density at radius 1 is 1.17 bits per heavy atom. The zero-order valence-corrected chi connectivity index (χ0v) is 10.2. The van der Waals surface area contributed by atoms with Gasteiger partial charge in [0.05, 0.1) is 23.6 Å². The van der Waals surface area contributed by atoms with Gasteiger partial charge in [-0.05, 0) is 24.7 Å². The molecule has 0 saturated heterocycles. The third-order valence-electron chi connectivity index (χ3n) is 2.88. The standard InChI is InChI=1S/C14H14N4/c1-15-7-11-6-13(10-16-8-11)18-14-5-3-2-4-12(14)9-17-18/h2-6,8-10,15H,7H2,1H3. The molecular weight excluding hydrogens is 224 g/mol. The van der Waals surface area contributed by atoms with E-state index in [0.29, 0.717) is 0 Å². The quantitative estimate of drug-likeness (QED) is 0.760. The molecule has 4 heteroatoms. The van der Waals surface area contributed by atoms with E-state index in [1.807, 2.05) is 42.5 Å². The third-order valence-corrected chi connectivity index (χ3v) is 2.88. The molecule has 0 bridgehead atoms. The Kier molecular flexibility index (Phi) is 2.78. The van der Waals surface area contributed by atoms with Crippen LogP contribution in [0.2, 0.25) is 0 Å². The molecule has 0 atom stereocenters. The van der Waals surface area contributed by atoms with Crippen LogP contribution in [0.4, 0.5) is 0 Å². The summed E-state index contributed by atoms with van der Waals surface area (Å²) in [5.74, 6) is 0. The van der Waals surface area contributed by atoms with E-state index in [2.05, 4.69) is 33.6 Å². The molecular formula is C14H14N4. The van der Waals surface area contributed by atoms with Crippen molar-refractivity contribution in [3.8, 4) is 5.69 Å². The summed E-state index contributed by atoms with van der Waals surface area (Å²) in [6, 6.07) is 10.3. The molecule has 3 aromatic rings. The molecule has 0 unspecified atom stereocenters. The highest BCUT2D eigenvalue weighted by molar-refractivity contribution is 5.79. The summed E-state index contributed by atoms with van der Waals surface area (Å²) in [5, 5.41) is 8.68. The van der Waals surface area contributed by atoms with Crippen molar-refractivity contribution >= 4 is 10.9 Å². The Labute approximate surface area is 105 Å². The second-order valence-corrected chi connectivity index (χ2v) is 4.20. The Hall–Kier alpha value is -2.20. The van der Waals surface area contributed by atoms with Crippen LogP contribution in [0.15, 0.2) is 48.9 Å². The van der Waals surface area contributed by atoms with Crippen molar-refractivity contribution in [1.82, 2.24) is 20.1 Å². The van der Waals surface area contributed by atoms with Crippen molar-refractivity contribution in [2.75, 3.05) is 7.05 Å². The molecule has 2 heterocycles. The largest absolute Gasteiger partial charge is 0.316 e. The van der Waals surface area contributed by atoms with Crippen LogP contribution >= 0.6 is 0 Å². The lowest BCUT2D eigenvalue weighted by Gasteiger charge is -2.05. The fraction of sp³-hybridized carbons (Fsp3) is 0.143. The maximum absolute atomic E-state index is 4.42. The van der Waals surface area contributed by atoms with Crippen LogP contribution in [0.5, 0.6) is 0 Å². The number of nitrogens with zero attached hydrogens (tertiary/aromatic N) is 3. The fourth-order valence-corrected chi connectivity index (χ4v) is 2.07. The summed E-state index contributed by atoms with van der Waals surface area (Å²) in [6.45, 7) is 0.806. The second kappa shape index (κ2) is 4.58.